The largest absolute Gasteiger partial charge is 0.417 e. The summed E-state index contributed by atoms with van der Waals surface area (Å²) in [4.78, 5) is -0.734. The van der Waals surface area contributed by atoms with Crippen LogP contribution in [0.4, 0.5) is 13.2 Å². The second-order valence-electron chi connectivity index (χ2n) is 5.64. The molecule has 0 saturated heterocycles. The van der Waals surface area contributed by atoms with Crippen LogP contribution in [-0.4, -0.2) is 21.0 Å². The van der Waals surface area contributed by atoms with E-state index in [2.05, 4.69) is 4.72 Å². The molecule has 23 heavy (non-hydrogen) atoms. The summed E-state index contributed by atoms with van der Waals surface area (Å²) in [5.41, 5.74) is 4.68. The fourth-order valence-corrected chi connectivity index (χ4v) is 4.10. The van der Waals surface area contributed by atoms with Crippen molar-refractivity contribution in [3.05, 3.63) is 29.8 Å². The predicted molar refractivity (Wildman–Crippen MR) is 83.8 cm³/mol. The fourth-order valence-electron chi connectivity index (χ4n) is 2.76. The van der Waals surface area contributed by atoms with Crippen molar-refractivity contribution in [3.63, 3.8) is 0 Å². The highest BCUT2D eigenvalue weighted by Crippen LogP contribution is 2.34. The first-order valence-corrected chi connectivity index (χ1v) is 8.60. The van der Waals surface area contributed by atoms with Crippen LogP contribution in [0.3, 0.4) is 0 Å². The monoisotopic (exact) mass is 372 g/mol. The third-order valence-corrected chi connectivity index (χ3v) is 5.35. The standard InChI is InChI=1S/C14H19F3N2O2S.ClH/c15-14(16,17)12-6-1-2-7-13(12)22(20,21)19-9-10-4-3-5-11(18)8-10;/h1-2,6-7,10-11,19H,3-5,8-9,18H2;1H. The first-order valence-electron chi connectivity index (χ1n) is 7.11. The van der Waals surface area contributed by atoms with Gasteiger partial charge in [-0.1, -0.05) is 18.6 Å². The van der Waals surface area contributed by atoms with Gasteiger partial charge in [-0.25, -0.2) is 13.1 Å². The zero-order valence-corrected chi connectivity index (χ0v) is 14.0. The summed E-state index contributed by atoms with van der Waals surface area (Å²) in [6.07, 6.45) is -1.38. The normalized spacial score (nSPS) is 22.4. The van der Waals surface area contributed by atoms with Crippen LogP contribution in [0.25, 0.3) is 0 Å². The third kappa shape index (κ3) is 5.34. The van der Waals surface area contributed by atoms with Crippen LogP contribution < -0.4 is 10.5 Å². The van der Waals surface area contributed by atoms with Gasteiger partial charge < -0.3 is 5.73 Å². The van der Waals surface area contributed by atoms with Crippen molar-refractivity contribution in [1.29, 1.82) is 0 Å². The van der Waals surface area contributed by atoms with E-state index in [1.807, 2.05) is 0 Å². The number of benzene rings is 1. The minimum absolute atomic E-state index is 0. The fraction of sp³-hybridized carbons (Fsp3) is 0.571. The summed E-state index contributed by atoms with van der Waals surface area (Å²) in [6.45, 7) is 0.113. The first kappa shape index (κ1) is 20.2. The molecule has 0 heterocycles. The van der Waals surface area contributed by atoms with Gasteiger partial charge >= 0.3 is 6.18 Å². The van der Waals surface area contributed by atoms with Gasteiger partial charge in [0.25, 0.3) is 0 Å². The lowest BCUT2D eigenvalue weighted by atomic mass is 9.86. The summed E-state index contributed by atoms with van der Waals surface area (Å²) in [5.74, 6) is 0.0663. The number of rotatable bonds is 4. The van der Waals surface area contributed by atoms with Crippen molar-refractivity contribution in [1.82, 2.24) is 4.72 Å². The van der Waals surface area contributed by atoms with Crippen LogP contribution >= 0.6 is 12.4 Å². The van der Waals surface area contributed by atoms with Crippen LogP contribution in [0.5, 0.6) is 0 Å². The Morgan fingerprint density at radius 3 is 2.48 bits per heavy atom. The number of nitrogens with one attached hydrogen (secondary N) is 1. The molecular formula is C14H20ClF3N2O2S. The SMILES string of the molecule is Cl.NC1CCCC(CNS(=O)(=O)c2ccccc2C(F)(F)F)C1. The number of nitrogens with two attached hydrogens (primary N) is 1. The lowest BCUT2D eigenvalue weighted by Gasteiger charge is -2.26. The average Bonchev–Trinajstić information content (AvgIpc) is 2.45. The molecule has 1 fully saturated rings. The molecule has 1 aliphatic rings. The van der Waals surface area contributed by atoms with Crippen LogP contribution in [0.15, 0.2) is 29.2 Å². The zero-order chi connectivity index (χ0) is 16.4. The Morgan fingerprint density at radius 2 is 1.87 bits per heavy atom. The molecule has 0 spiro atoms. The Bertz CT molecular complexity index is 623. The third-order valence-electron chi connectivity index (χ3n) is 3.87. The van der Waals surface area contributed by atoms with E-state index in [1.54, 1.807) is 0 Å². The summed E-state index contributed by atoms with van der Waals surface area (Å²) in [6, 6.07) is 4.22. The van der Waals surface area contributed by atoms with Crippen molar-refractivity contribution in [3.8, 4) is 0 Å². The van der Waals surface area contributed by atoms with E-state index in [-0.39, 0.29) is 30.9 Å². The van der Waals surface area contributed by atoms with Crippen molar-refractivity contribution < 1.29 is 21.6 Å². The van der Waals surface area contributed by atoms with E-state index in [4.69, 9.17) is 5.73 Å². The Morgan fingerprint density at radius 1 is 1.22 bits per heavy atom. The lowest BCUT2D eigenvalue weighted by molar-refractivity contribution is -0.139. The smallest absolute Gasteiger partial charge is 0.328 e. The van der Waals surface area contributed by atoms with Crippen LogP contribution in [0.2, 0.25) is 0 Å². The lowest BCUT2D eigenvalue weighted by Crippen LogP contribution is -2.36. The molecule has 0 aliphatic heterocycles. The van der Waals surface area contributed by atoms with E-state index in [0.717, 1.165) is 31.4 Å². The summed E-state index contributed by atoms with van der Waals surface area (Å²) < 4.78 is 65.4. The van der Waals surface area contributed by atoms with Gasteiger partial charge in [0.2, 0.25) is 10.0 Å². The summed E-state index contributed by atoms with van der Waals surface area (Å²) >= 11 is 0. The number of alkyl halides is 3. The number of halogens is 4. The average molecular weight is 373 g/mol. The van der Waals surface area contributed by atoms with Gasteiger partial charge in [-0.3, -0.25) is 0 Å². The molecule has 132 valence electrons. The molecule has 2 unspecified atom stereocenters. The van der Waals surface area contributed by atoms with E-state index in [9.17, 15) is 21.6 Å². The topological polar surface area (TPSA) is 72.2 Å². The molecule has 9 heteroatoms. The van der Waals surface area contributed by atoms with Crippen molar-refractivity contribution in [2.45, 2.75) is 42.8 Å². The van der Waals surface area contributed by atoms with E-state index < -0.39 is 26.7 Å². The van der Waals surface area contributed by atoms with Gasteiger partial charge in [0.1, 0.15) is 0 Å². The summed E-state index contributed by atoms with van der Waals surface area (Å²) in [7, 11) is -4.20. The number of sulfonamides is 1. The molecule has 0 amide bonds. The molecular weight excluding hydrogens is 353 g/mol. The van der Waals surface area contributed by atoms with Crippen molar-refractivity contribution in [2.75, 3.05) is 6.54 Å². The van der Waals surface area contributed by atoms with Crippen molar-refractivity contribution in [2.24, 2.45) is 11.7 Å². The van der Waals surface area contributed by atoms with E-state index in [1.165, 1.54) is 12.1 Å². The minimum Gasteiger partial charge on any atom is -0.328 e. The molecule has 1 aliphatic carbocycles. The van der Waals surface area contributed by atoms with Gasteiger partial charge in [-0.2, -0.15) is 13.2 Å². The molecule has 2 atom stereocenters. The number of hydrogen-bond acceptors (Lipinski definition) is 3. The van der Waals surface area contributed by atoms with E-state index in [0.29, 0.717) is 6.42 Å². The highest BCUT2D eigenvalue weighted by Gasteiger charge is 2.37. The molecule has 0 radical (unpaired) electrons. The first-order chi connectivity index (χ1) is 10.2. The Balaban J connectivity index is 0.00000264. The maximum atomic E-state index is 12.9. The molecule has 0 aromatic heterocycles. The zero-order valence-electron chi connectivity index (χ0n) is 12.3. The molecule has 4 nitrogen and oxygen atoms in total. The van der Waals surface area contributed by atoms with Gasteiger partial charge in [-0.05, 0) is 37.3 Å². The van der Waals surface area contributed by atoms with Gasteiger partial charge in [0, 0.05) is 12.6 Å². The Labute approximate surface area is 140 Å². The second-order valence-corrected chi connectivity index (χ2v) is 7.37. The van der Waals surface area contributed by atoms with Crippen LogP contribution in [0.1, 0.15) is 31.2 Å². The highest BCUT2D eigenvalue weighted by atomic mass is 35.5. The molecule has 2 rings (SSSR count). The van der Waals surface area contributed by atoms with Gasteiger partial charge in [0.15, 0.2) is 0 Å². The maximum Gasteiger partial charge on any atom is 0.417 e. The van der Waals surface area contributed by atoms with Crippen molar-refractivity contribution >= 4 is 22.4 Å². The van der Waals surface area contributed by atoms with Gasteiger partial charge in [0.05, 0.1) is 10.5 Å². The van der Waals surface area contributed by atoms with Crippen LogP contribution in [0, 0.1) is 5.92 Å². The molecule has 1 aromatic rings. The molecule has 1 saturated carbocycles. The maximum absolute atomic E-state index is 12.9. The van der Waals surface area contributed by atoms with E-state index >= 15 is 0 Å². The Kier molecular flexibility index (Phi) is 6.88. The number of hydrogen-bond donors (Lipinski definition) is 2. The predicted octanol–water partition coefficient (Wildman–Crippen LogP) is 2.92. The minimum atomic E-state index is -4.71. The quantitative estimate of drug-likeness (QED) is 0.853. The van der Waals surface area contributed by atoms with Crippen LogP contribution in [-0.2, 0) is 16.2 Å². The molecule has 0 bridgehead atoms. The summed E-state index contributed by atoms with van der Waals surface area (Å²) in [5, 5.41) is 0. The molecule has 1 aromatic carbocycles. The second kappa shape index (κ2) is 7.83. The molecule has 3 N–H and O–H groups in total. The Hall–Kier alpha value is -0.830. The highest BCUT2D eigenvalue weighted by molar-refractivity contribution is 7.89. The van der Waals surface area contributed by atoms with Gasteiger partial charge in [-0.15, -0.1) is 12.4 Å².